The Kier molecular flexibility index (Phi) is 5.51. The average Bonchev–Trinajstić information content (AvgIpc) is 2.83. The van der Waals surface area contributed by atoms with Crippen LogP contribution in [0.25, 0.3) is 0 Å². The van der Waals surface area contributed by atoms with Gasteiger partial charge in [-0.2, -0.15) is 9.40 Å². The first kappa shape index (κ1) is 16.1. The van der Waals surface area contributed by atoms with E-state index < -0.39 is 10.0 Å². The van der Waals surface area contributed by atoms with Crippen molar-refractivity contribution in [2.24, 2.45) is 0 Å². The molecule has 0 aromatic carbocycles. The molecular formula is C12H24N4O2S. The molecule has 0 saturated carbocycles. The van der Waals surface area contributed by atoms with Crippen molar-refractivity contribution in [3.63, 3.8) is 0 Å². The minimum absolute atomic E-state index is 0.0424. The van der Waals surface area contributed by atoms with Crippen LogP contribution in [0.1, 0.15) is 39.7 Å². The normalized spacial score (nSPS) is 14.3. The lowest BCUT2D eigenvalue weighted by atomic mass is 10.3. The summed E-state index contributed by atoms with van der Waals surface area (Å²) in [6.45, 7) is 8.36. The minimum atomic E-state index is -3.51. The van der Waals surface area contributed by atoms with E-state index in [0.29, 0.717) is 12.1 Å². The van der Waals surface area contributed by atoms with Crippen LogP contribution in [0.15, 0.2) is 11.2 Å². The van der Waals surface area contributed by atoms with Crippen molar-refractivity contribution in [2.75, 3.05) is 7.05 Å². The Bertz CT molecular complexity index is 496. The van der Waals surface area contributed by atoms with Crippen LogP contribution >= 0.6 is 0 Å². The molecule has 110 valence electrons. The minimum Gasteiger partial charge on any atom is -0.310 e. The first-order chi connectivity index (χ1) is 8.80. The van der Waals surface area contributed by atoms with Gasteiger partial charge >= 0.3 is 0 Å². The highest BCUT2D eigenvalue weighted by molar-refractivity contribution is 7.89. The van der Waals surface area contributed by atoms with E-state index in [1.807, 2.05) is 27.7 Å². The Morgan fingerprint density at radius 3 is 2.58 bits per heavy atom. The molecule has 0 bridgehead atoms. The molecule has 0 aliphatic carbocycles. The van der Waals surface area contributed by atoms with E-state index in [1.165, 1.54) is 4.31 Å². The molecule has 0 aliphatic rings. The highest BCUT2D eigenvalue weighted by atomic mass is 32.2. The van der Waals surface area contributed by atoms with Crippen LogP contribution in [-0.4, -0.2) is 42.1 Å². The summed E-state index contributed by atoms with van der Waals surface area (Å²) in [7, 11) is -1.91. The van der Waals surface area contributed by atoms with Crippen LogP contribution in [0.5, 0.6) is 0 Å². The van der Waals surface area contributed by atoms with E-state index in [9.17, 15) is 8.42 Å². The van der Waals surface area contributed by atoms with E-state index in [-0.39, 0.29) is 17.1 Å². The Labute approximate surface area is 115 Å². The average molecular weight is 288 g/mol. The number of rotatable bonds is 7. The molecule has 0 fully saturated rings. The number of nitrogens with one attached hydrogen (secondary N) is 2. The van der Waals surface area contributed by atoms with Gasteiger partial charge in [-0.25, -0.2) is 8.42 Å². The molecule has 1 unspecified atom stereocenters. The molecule has 0 aliphatic heterocycles. The smallest absolute Gasteiger partial charge is 0.260 e. The second kappa shape index (κ2) is 6.49. The van der Waals surface area contributed by atoms with Gasteiger partial charge in [0.2, 0.25) is 0 Å². The summed E-state index contributed by atoms with van der Waals surface area (Å²) < 4.78 is 26.4. The zero-order valence-corrected chi connectivity index (χ0v) is 13.1. The third-order valence-corrected chi connectivity index (χ3v) is 5.22. The number of H-pyrrole nitrogens is 1. The molecule has 1 rings (SSSR count). The molecule has 0 saturated heterocycles. The maximum atomic E-state index is 12.5. The van der Waals surface area contributed by atoms with Crippen LogP contribution < -0.4 is 5.32 Å². The molecule has 1 aromatic rings. The van der Waals surface area contributed by atoms with Crippen molar-refractivity contribution >= 4 is 10.0 Å². The molecule has 0 radical (unpaired) electrons. The third-order valence-electron chi connectivity index (χ3n) is 3.23. The van der Waals surface area contributed by atoms with Gasteiger partial charge in [0.15, 0.2) is 5.03 Å². The Hall–Kier alpha value is -0.920. The lowest BCUT2D eigenvalue weighted by Gasteiger charge is -2.23. The molecule has 6 nitrogen and oxygen atoms in total. The second-order valence-electron chi connectivity index (χ2n) is 5.04. The Morgan fingerprint density at radius 1 is 1.42 bits per heavy atom. The van der Waals surface area contributed by atoms with Crippen molar-refractivity contribution in [1.29, 1.82) is 0 Å². The zero-order chi connectivity index (χ0) is 14.6. The van der Waals surface area contributed by atoms with Gasteiger partial charge in [-0.05, 0) is 13.3 Å². The number of hydrogen-bond donors (Lipinski definition) is 2. The summed E-state index contributed by atoms with van der Waals surface area (Å²) in [5.74, 6) is 0. The largest absolute Gasteiger partial charge is 0.310 e. The predicted octanol–water partition coefficient (Wildman–Crippen LogP) is 1.33. The summed E-state index contributed by atoms with van der Waals surface area (Å²) in [5.41, 5.74) is 0.670. The lowest BCUT2D eigenvalue weighted by Crippen LogP contribution is -2.35. The fraction of sp³-hybridized carbons (Fsp3) is 0.750. The first-order valence-electron chi connectivity index (χ1n) is 6.54. The highest BCUT2D eigenvalue weighted by Crippen LogP contribution is 2.19. The monoisotopic (exact) mass is 288 g/mol. The number of nitrogens with zero attached hydrogens (tertiary/aromatic N) is 2. The summed E-state index contributed by atoms with van der Waals surface area (Å²) in [5, 5.41) is 9.86. The van der Waals surface area contributed by atoms with E-state index in [0.717, 1.165) is 6.42 Å². The third kappa shape index (κ3) is 3.77. The molecule has 1 atom stereocenters. The van der Waals surface area contributed by atoms with Crippen molar-refractivity contribution in [1.82, 2.24) is 19.8 Å². The topological polar surface area (TPSA) is 78.1 Å². The molecule has 2 N–H and O–H groups in total. The maximum Gasteiger partial charge on any atom is 0.260 e. The van der Waals surface area contributed by atoms with Gasteiger partial charge in [0.05, 0.1) is 6.20 Å². The van der Waals surface area contributed by atoms with Gasteiger partial charge in [0.1, 0.15) is 0 Å². The quantitative estimate of drug-likeness (QED) is 0.793. The molecule has 1 aromatic heterocycles. The van der Waals surface area contributed by atoms with E-state index in [2.05, 4.69) is 15.5 Å². The van der Waals surface area contributed by atoms with Gasteiger partial charge in [0, 0.05) is 31.2 Å². The predicted molar refractivity (Wildman–Crippen MR) is 75.3 cm³/mol. The van der Waals surface area contributed by atoms with Gasteiger partial charge in [-0.15, -0.1) is 0 Å². The molecule has 1 heterocycles. The number of sulfonamides is 1. The number of hydrogen-bond acceptors (Lipinski definition) is 4. The van der Waals surface area contributed by atoms with E-state index >= 15 is 0 Å². The van der Waals surface area contributed by atoms with Crippen molar-refractivity contribution in [2.45, 2.75) is 57.8 Å². The molecule has 0 amide bonds. The van der Waals surface area contributed by atoms with Crippen LogP contribution in [0.4, 0.5) is 0 Å². The van der Waals surface area contributed by atoms with E-state index in [1.54, 1.807) is 13.2 Å². The summed E-state index contributed by atoms with van der Waals surface area (Å²) in [6, 6.07) is 0.247. The fourth-order valence-corrected chi connectivity index (χ4v) is 3.14. The molecule has 0 spiro atoms. The fourth-order valence-electron chi connectivity index (χ4n) is 1.60. The summed E-state index contributed by atoms with van der Waals surface area (Å²) in [6.07, 6.45) is 2.33. The lowest BCUT2D eigenvalue weighted by molar-refractivity contribution is 0.378. The Balaban J connectivity index is 2.99. The molecular weight excluding hydrogens is 264 g/mol. The van der Waals surface area contributed by atoms with Gasteiger partial charge in [-0.1, -0.05) is 20.8 Å². The number of aromatic amines is 1. The van der Waals surface area contributed by atoms with Crippen LogP contribution in [0.2, 0.25) is 0 Å². The first-order valence-corrected chi connectivity index (χ1v) is 7.98. The maximum absolute atomic E-state index is 12.5. The van der Waals surface area contributed by atoms with Crippen molar-refractivity contribution < 1.29 is 8.42 Å². The van der Waals surface area contributed by atoms with Crippen LogP contribution in [0, 0.1) is 0 Å². The highest BCUT2D eigenvalue weighted by Gasteiger charge is 2.28. The van der Waals surface area contributed by atoms with Gasteiger partial charge in [-0.3, -0.25) is 5.10 Å². The molecule has 7 heteroatoms. The zero-order valence-electron chi connectivity index (χ0n) is 12.3. The SMILES string of the molecule is CCC(C)N(C)S(=O)(=O)c1[nH]ncc1CNC(C)C. The van der Waals surface area contributed by atoms with Gasteiger partial charge in [0.25, 0.3) is 10.0 Å². The van der Waals surface area contributed by atoms with Crippen LogP contribution in [-0.2, 0) is 16.6 Å². The molecule has 19 heavy (non-hydrogen) atoms. The van der Waals surface area contributed by atoms with Crippen molar-refractivity contribution in [3.05, 3.63) is 11.8 Å². The summed E-state index contributed by atoms with van der Waals surface area (Å²) >= 11 is 0. The second-order valence-corrected chi connectivity index (χ2v) is 6.97. The van der Waals surface area contributed by atoms with Crippen molar-refractivity contribution in [3.8, 4) is 0 Å². The Morgan fingerprint density at radius 2 is 2.05 bits per heavy atom. The van der Waals surface area contributed by atoms with Gasteiger partial charge < -0.3 is 5.32 Å². The number of aromatic nitrogens is 2. The van der Waals surface area contributed by atoms with Crippen LogP contribution in [0.3, 0.4) is 0 Å². The van der Waals surface area contributed by atoms with E-state index in [4.69, 9.17) is 0 Å². The summed E-state index contributed by atoms with van der Waals surface area (Å²) in [4.78, 5) is 0. The standard InChI is InChI=1S/C12H24N4O2S/c1-6-10(4)16(5)19(17,18)12-11(8-14-15-12)7-13-9(2)3/h8-10,13H,6-7H2,1-5H3,(H,14,15).